The van der Waals surface area contributed by atoms with Gasteiger partial charge >= 0.3 is 0 Å². The molecule has 9 nitrogen and oxygen atoms in total. The zero-order chi connectivity index (χ0) is 19.4. The molecule has 2 aromatic rings. The summed E-state index contributed by atoms with van der Waals surface area (Å²) in [5, 5.41) is 29.8. The second-order valence-electron chi connectivity index (χ2n) is 6.18. The van der Waals surface area contributed by atoms with Crippen LogP contribution in [0.3, 0.4) is 0 Å². The third kappa shape index (κ3) is 3.72. The average Bonchev–Trinajstić information content (AvgIpc) is 3.17. The zero-order valence-corrected chi connectivity index (χ0v) is 14.6. The molecule has 9 heteroatoms. The quantitative estimate of drug-likeness (QED) is 0.410. The Labute approximate surface area is 156 Å². The Hall–Kier alpha value is -2.69. The molecule has 5 N–H and O–H groups in total. The summed E-state index contributed by atoms with van der Waals surface area (Å²) in [6, 6.07) is 0. The number of unbranched alkanes of at least 4 members (excludes halogenated alkanes) is 3. The lowest BCUT2D eigenvalue weighted by Crippen LogP contribution is -2.33. The van der Waals surface area contributed by atoms with Crippen molar-refractivity contribution in [3.8, 4) is 24.2 Å². The van der Waals surface area contributed by atoms with Crippen molar-refractivity contribution < 1.29 is 20.1 Å². The molecule has 0 amide bonds. The number of nitrogens with zero attached hydrogens (tertiary/aromatic N) is 4. The topological polar surface area (TPSA) is 140 Å². The van der Waals surface area contributed by atoms with Crippen LogP contribution in [0.5, 0.6) is 0 Å². The van der Waals surface area contributed by atoms with Gasteiger partial charge in [0.15, 0.2) is 29.0 Å². The summed E-state index contributed by atoms with van der Waals surface area (Å²) in [6.45, 7) is -0.436. The average molecular weight is 371 g/mol. The van der Waals surface area contributed by atoms with E-state index in [0.29, 0.717) is 24.0 Å². The SMILES string of the molecule is C#CCCCCC#Cc1nc2c(N)ncnc2n1[C@@H]1O[C@H](CO)[C@@H](O)[C@H]1O. The van der Waals surface area contributed by atoms with Crippen molar-refractivity contribution in [2.24, 2.45) is 0 Å². The normalized spacial score (nSPS) is 24.5. The first-order valence-electron chi connectivity index (χ1n) is 8.61. The van der Waals surface area contributed by atoms with Gasteiger partial charge < -0.3 is 25.8 Å². The Morgan fingerprint density at radius 3 is 2.70 bits per heavy atom. The van der Waals surface area contributed by atoms with Crippen molar-refractivity contribution in [2.45, 2.75) is 50.2 Å². The fourth-order valence-electron chi connectivity index (χ4n) is 2.93. The monoisotopic (exact) mass is 371 g/mol. The van der Waals surface area contributed by atoms with E-state index < -0.39 is 31.1 Å². The molecule has 0 saturated carbocycles. The number of nitrogens with two attached hydrogens (primary N) is 1. The van der Waals surface area contributed by atoms with Crippen LogP contribution >= 0.6 is 0 Å². The van der Waals surface area contributed by atoms with Gasteiger partial charge in [-0.1, -0.05) is 5.92 Å². The molecular formula is C18H21N5O4. The molecule has 1 aliphatic rings. The molecule has 0 aromatic carbocycles. The van der Waals surface area contributed by atoms with Crippen LogP contribution in [0.25, 0.3) is 11.2 Å². The molecule has 0 radical (unpaired) electrons. The summed E-state index contributed by atoms with van der Waals surface area (Å²) < 4.78 is 7.09. The van der Waals surface area contributed by atoms with Crippen molar-refractivity contribution in [3.63, 3.8) is 0 Å². The summed E-state index contributed by atoms with van der Waals surface area (Å²) >= 11 is 0. The summed E-state index contributed by atoms with van der Waals surface area (Å²) in [5.74, 6) is 8.99. The van der Waals surface area contributed by atoms with E-state index in [2.05, 4.69) is 32.7 Å². The van der Waals surface area contributed by atoms with Gasteiger partial charge in [-0.25, -0.2) is 15.0 Å². The number of nitrogen functional groups attached to an aromatic ring is 1. The van der Waals surface area contributed by atoms with Gasteiger partial charge in [-0.15, -0.1) is 12.3 Å². The number of aliphatic hydroxyl groups is 3. The zero-order valence-electron chi connectivity index (χ0n) is 14.6. The molecular weight excluding hydrogens is 350 g/mol. The lowest BCUT2D eigenvalue weighted by molar-refractivity contribution is -0.0514. The van der Waals surface area contributed by atoms with E-state index in [4.69, 9.17) is 16.9 Å². The first-order chi connectivity index (χ1) is 13.1. The smallest absolute Gasteiger partial charge is 0.189 e. The van der Waals surface area contributed by atoms with Gasteiger partial charge in [-0.3, -0.25) is 4.57 Å². The van der Waals surface area contributed by atoms with Crippen molar-refractivity contribution >= 4 is 17.0 Å². The predicted molar refractivity (Wildman–Crippen MR) is 96.9 cm³/mol. The van der Waals surface area contributed by atoms with Gasteiger partial charge in [0.05, 0.1) is 6.61 Å². The molecule has 2 aromatic heterocycles. The van der Waals surface area contributed by atoms with Crippen LogP contribution in [0.2, 0.25) is 0 Å². The summed E-state index contributed by atoms with van der Waals surface area (Å²) in [5.41, 5.74) is 6.53. The van der Waals surface area contributed by atoms with E-state index in [1.807, 2.05) is 0 Å². The Balaban J connectivity index is 1.97. The van der Waals surface area contributed by atoms with Gasteiger partial charge in [0.1, 0.15) is 24.6 Å². The molecule has 1 aliphatic heterocycles. The highest BCUT2D eigenvalue weighted by molar-refractivity contribution is 5.82. The maximum atomic E-state index is 10.4. The first kappa shape index (κ1) is 19.1. The Morgan fingerprint density at radius 2 is 2.00 bits per heavy atom. The largest absolute Gasteiger partial charge is 0.394 e. The Bertz CT molecular complexity index is 910. The molecule has 0 spiro atoms. The number of terminal acetylenes is 1. The molecule has 0 aliphatic carbocycles. The van der Waals surface area contributed by atoms with Crippen molar-refractivity contribution in [1.82, 2.24) is 19.5 Å². The molecule has 3 rings (SSSR count). The number of anilines is 1. The minimum Gasteiger partial charge on any atom is -0.394 e. The Kier molecular flexibility index (Phi) is 5.89. The molecule has 142 valence electrons. The van der Waals surface area contributed by atoms with E-state index in [9.17, 15) is 15.3 Å². The summed E-state index contributed by atoms with van der Waals surface area (Å²) in [6.07, 6.45) is 5.10. The van der Waals surface area contributed by atoms with E-state index in [0.717, 1.165) is 12.8 Å². The molecule has 27 heavy (non-hydrogen) atoms. The van der Waals surface area contributed by atoms with Crippen molar-refractivity contribution in [1.29, 1.82) is 0 Å². The molecule has 1 fully saturated rings. The number of aliphatic hydroxyl groups excluding tert-OH is 3. The van der Waals surface area contributed by atoms with Crippen LogP contribution in [-0.2, 0) is 4.74 Å². The summed E-state index contributed by atoms with van der Waals surface area (Å²) in [7, 11) is 0. The molecule has 1 saturated heterocycles. The van der Waals surface area contributed by atoms with Crippen LogP contribution in [-0.4, -0.2) is 59.8 Å². The van der Waals surface area contributed by atoms with Crippen LogP contribution < -0.4 is 5.73 Å². The van der Waals surface area contributed by atoms with Gasteiger partial charge in [-0.2, -0.15) is 0 Å². The number of aromatic nitrogens is 4. The number of fused-ring (bicyclic) bond motifs is 1. The summed E-state index contributed by atoms with van der Waals surface area (Å²) in [4.78, 5) is 12.5. The fraction of sp³-hybridized carbons (Fsp3) is 0.500. The molecule has 4 atom stereocenters. The Morgan fingerprint density at radius 1 is 1.22 bits per heavy atom. The maximum absolute atomic E-state index is 10.4. The highest BCUT2D eigenvalue weighted by Gasteiger charge is 2.44. The minimum atomic E-state index is -1.29. The molecule has 3 heterocycles. The number of rotatable bonds is 5. The van der Waals surface area contributed by atoms with Gasteiger partial charge in [0.25, 0.3) is 0 Å². The minimum absolute atomic E-state index is 0.169. The van der Waals surface area contributed by atoms with Gasteiger partial charge in [0, 0.05) is 12.8 Å². The van der Waals surface area contributed by atoms with Crippen LogP contribution in [0.4, 0.5) is 5.82 Å². The lowest BCUT2D eigenvalue weighted by Gasteiger charge is -2.17. The standard InChI is InChI=1S/C18H21N5O4/c1-2-3-4-5-6-7-8-12-22-13-16(19)20-10-21-17(13)23(12)18-15(26)14(25)11(9-24)27-18/h1,10-11,14-15,18,24-26H,3-6,9H2,(H2,19,20,21)/t11-,14-,15-,18-/m1/s1. The van der Waals surface area contributed by atoms with Crippen molar-refractivity contribution in [2.75, 3.05) is 12.3 Å². The third-order valence-electron chi connectivity index (χ3n) is 4.35. The van der Waals surface area contributed by atoms with E-state index >= 15 is 0 Å². The van der Waals surface area contributed by atoms with Crippen LogP contribution in [0, 0.1) is 24.2 Å². The highest BCUT2D eigenvalue weighted by atomic mass is 16.6. The second-order valence-corrected chi connectivity index (χ2v) is 6.18. The van der Waals surface area contributed by atoms with Gasteiger partial charge in [-0.05, 0) is 18.8 Å². The van der Waals surface area contributed by atoms with Crippen LogP contribution in [0.1, 0.15) is 37.7 Å². The number of hydrogen-bond donors (Lipinski definition) is 4. The number of imidazole rings is 1. The van der Waals surface area contributed by atoms with E-state index in [1.165, 1.54) is 10.9 Å². The molecule has 0 unspecified atom stereocenters. The number of ether oxygens (including phenoxy) is 1. The third-order valence-corrected chi connectivity index (χ3v) is 4.35. The van der Waals surface area contributed by atoms with Crippen LogP contribution in [0.15, 0.2) is 6.33 Å². The predicted octanol–water partition coefficient (Wildman–Crippen LogP) is -0.435. The maximum Gasteiger partial charge on any atom is 0.189 e. The highest BCUT2D eigenvalue weighted by Crippen LogP contribution is 2.33. The molecule has 0 bridgehead atoms. The second kappa shape index (κ2) is 8.33. The first-order valence-corrected chi connectivity index (χ1v) is 8.61. The van der Waals surface area contributed by atoms with E-state index in [-0.39, 0.29) is 11.6 Å². The fourth-order valence-corrected chi connectivity index (χ4v) is 2.93. The van der Waals surface area contributed by atoms with Gasteiger partial charge in [0.2, 0.25) is 0 Å². The van der Waals surface area contributed by atoms with E-state index in [1.54, 1.807) is 0 Å². The number of hydrogen-bond acceptors (Lipinski definition) is 8. The lowest BCUT2D eigenvalue weighted by atomic mass is 10.1. The van der Waals surface area contributed by atoms with Crippen molar-refractivity contribution in [3.05, 3.63) is 12.2 Å².